The molecule has 0 atom stereocenters. The van der Waals surface area contributed by atoms with E-state index in [1.807, 2.05) is 53.9 Å². The molecule has 0 unspecified atom stereocenters. The summed E-state index contributed by atoms with van der Waals surface area (Å²) < 4.78 is 7.18. The average molecular weight is 406 g/mol. The topological polar surface area (TPSA) is 55.6 Å². The molecule has 0 saturated carbocycles. The number of fused-ring (bicyclic) bond motifs is 1. The molecule has 0 saturated heterocycles. The Balaban J connectivity index is 1.57. The van der Waals surface area contributed by atoms with Gasteiger partial charge in [0.15, 0.2) is 4.96 Å². The Kier molecular flexibility index (Phi) is 5.11. The molecule has 1 amide bonds. The molecule has 2 heterocycles. The van der Waals surface area contributed by atoms with Crippen LogP contribution in [0.5, 0.6) is 5.75 Å². The van der Waals surface area contributed by atoms with E-state index in [4.69, 9.17) is 9.72 Å². The number of anilines is 1. The van der Waals surface area contributed by atoms with Gasteiger partial charge in [0.05, 0.1) is 12.8 Å². The molecule has 0 spiro atoms. The van der Waals surface area contributed by atoms with E-state index in [9.17, 15) is 4.79 Å². The third kappa shape index (κ3) is 3.76. The quantitative estimate of drug-likeness (QED) is 0.459. The van der Waals surface area contributed by atoms with Crippen molar-refractivity contribution in [2.75, 3.05) is 12.4 Å². The molecule has 148 valence electrons. The van der Waals surface area contributed by atoms with Crippen LogP contribution >= 0.6 is 11.3 Å². The molecule has 0 radical (unpaired) electrons. The number of thiazole rings is 1. The Hall–Kier alpha value is -3.12. The van der Waals surface area contributed by atoms with Gasteiger partial charge in [-0.15, -0.1) is 0 Å². The lowest BCUT2D eigenvalue weighted by molar-refractivity contribution is 0.102. The van der Waals surface area contributed by atoms with E-state index in [1.165, 1.54) is 16.9 Å². The second kappa shape index (κ2) is 7.72. The van der Waals surface area contributed by atoms with Crippen LogP contribution in [0.3, 0.4) is 0 Å². The van der Waals surface area contributed by atoms with Crippen LogP contribution < -0.4 is 10.1 Å². The standard InChI is InChI=1S/C23H23N3O2S/c1-14(2)16-5-9-18(10-6-16)24-22(27)21-15(3)26-13-20(25-23(26)29-21)17-7-11-19(28-4)12-8-17/h5-14H,1-4H3,(H,24,27). The number of carbonyl (C=O) groups excluding carboxylic acids is 1. The minimum atomic E-state index is -0.110. The number of hydrogen-bond donors (Lipinski definition) is 1. The summed E-state index contributed by atoms with van der Waals surface area (Å²) >= 11 is 1.40. The Labute approximate surface area is 174 Å². The largest absolute Gasteiger partial charge is 0.497 e. The van der Waals surface area contributed by atoms with Crippen LogP contribution in [0.25, 0.3) is 16.2 Å². The van der Waals surface area contributed by atoms with Gasteiger partial charge >= 0.3 is 0 Å². The lowest BCUT2D eigenvalue weighted by Crippen LogP contribution is -2.11. The number of hydrogen-bond acceptors (Lipinski definition) is 4. The van der Waals surface area contributed by atoms with Gasteiger partial charge in [-0.3, -0.25) is 9.20 Å². The van der Waals surface area contributed by atoms with Crippen molar-refractivity contribution >= 4 is 27.9 Å². The summed E-state index contributed by atoms with van der Waals surface area (Å²) in [4.78, 5) is 19.0. The molecule has 0 bridgehead atoms. The van der Waals surface area contributed by atoms with Crippen molar-refractivity contribution in [1.29, 1.82) is 0 Å². The zero-order valence-corrected chi connectivity index (χ0v) is 17.7. The summed E-state index contributed by atoms with van der Waals surface area (Å²) in [6.45, 7) is 6.25. The summed E-state index contributed by atoms with van der Waals surface area (Å²) in [6, 6.07) is 15.8. The number of ether oxygens (including phenoxy) is 1. The number of carbonyl (C=O) groups is 1. The van der Waals surface area contributed by atoms with Crippen molar-refractivity contribution in [2.24, 2.45) is 0 Å². The van der Waals surface area contributed by atoms with Crippen molar-refractivity contribution in [1.82, 2.24) is 9.38 Å². The first-order chi connectivity index (χ1) is 14.0. The second-order valence-electron chi connectivity index (χ2n) is 7.25. The van der Waals surface area contributed by atoms with E-state index < -0.39 is 0 Å². The maximum Gasteiger partial charge on any atom is 0.267 e. The van der Waals surface area contributed by atoms with Crippen molar-refractivity contribution in [3.05, 3.63) is 70.9 Å². The third-order valence-corrected chi connectivity index (χ3v) is 6.14. The number of nitrogens with one attached hydrogen (secondary N) is 1. The molecule has 2 aromatic carbocycles. The number of imidazole rings is 1. The number of aryl methyl sites for hydroxylation is 1. The van der Waals surface area contributed by atoms with Gasteiger partial charge < -0.3 is 10.1 Å². The molecular formula is C23H23N3O2S. The van der Waals surface area contributed by atoms with Crippen molar-refractivity contribution in [3.8, 4) is 17.0 Å². The molecule has 0 fully saturated rings. The van der Waals surface area contributed by atoms with E-state index >= 15 is 0 Å². The number of methoxy groups -OCH3 is 1. The number of nitrogens with zero attached hydrogens (tertiary/aromatic N) is 2. The van der Waals surface area contributed by atoms with Crippen molar-refractivity contribution < 1.29 is 9.53 Å². The summed E-state index contributed by atoms with van der Waals surface area (Å²) in [5.74, 6) is 1.17. The van der Waals surface area contributed by atoms with Gasteiger partial charge in [-0.2, -0.15) is 0 Å². The molecule has 2 aromatic heterocycles. The zero-order valence-electron chi connectivity index (χ0n) is 16.9. The van der Waals surface area contributed by atoms with Crippen LogP contribution in [-0.4, -0.2) is 22.4 Å². The Morgan fingerprint density at radius 3 is 2.38 bits per heavy atom. The minimum Gasteiger partial charge on any atom is -0.497 e. The van der Waals surface area contributed by atoms with Gasteiger partial charge in [0.25, 0.3) is 5.91 Å². The Morgan fingerprint density at radius 1 is 1.10 bits per heavy atom. The lowest BCUT2D eigenvalue weighted by Gasteiger charge is -2.08. The number of rotatable bonds is 5. The van der Waals surface area contributed by atoms with Gasteiger partial charge in [-0.25, -0.2) is 4.98 Å². The summed E-state index contributed by atoms with van der Waals surface area (Å²) in [6.07, 6.45) is 1.97. The molecule has 29 heavy (non-hydrogen) atoms. The average Bonchev–Trinajstić information content (AvgIpc) is 3.28. The number of amides is 1. The third-order valence-electron chi connectivity index (χ3n) is 4.98. The highest BCUT2D eigenvalue weighted by Gasteiger charge is 2.18. The van der Waals surface area contributed by atoms with Crippen LogP contribution in [0.1, 0.15) is 40.7 Å². The smallest absolute Gasteiger partial charge is 0.267 e. The minimum absolute atomic E-state index is 0.110. The highest BCUT2D eigenvalue weighted by molar-refractivity contribution is 7.19. The maximum absolute atomic E-state index is 12.8. The summed E-state index contributed by atoms with van der Waals surface area (Å²) in [7, 11) is 1.65. The Bertz CT molecular complexity index is 1160. The predicted molar refractivity (Wildman–Crippen MR) is 118 cm³/mol. The van der Waals surface area contributed by atoms with Gasteiger partial charge in [0, 0.05) is 23.1 Å². The van der Waals surface area contributed by atoms with E-state index in [0.29, 0.717) is 10.8 Å². The molecule has 4 rings (SSSR count). The lowest BCUT2D eigenvalue weighted by atomic mass is 10.0. The number of aromatic nitrogens is 2. The number of benzene rings is 2. The predicted octanol–water partition coefficient (Wildman–Crippen LogP) is 5.76. The van der Waals surface area contributed by atoms with Gasteiger partial charge in [-0.05, 0) is 54.8 Å². The molecule has 0 aliphatic carbocycles. The fraction of sp³-hybridized carbons (Fsp3) is 0.217. The fourth-order valence-corrected chi connectivity index (χ4v) is 4.21. The first kappa shape index (κ1) is 19.2. The van der Waals surface area contributed by atoms with Crippen LogP contribution in [0.2, 0.25) is 0 Å². The molecular weight excluding hydrogens is 382 g/mol. The first-order valence-corrected chi connectivity index (χ1v) is 10.3. The van der Waals surface area contributed by atoms with E-state index in [-0.39, 0.29) is 5.91 Å². The Morgan fingerprint density at radius 2 is 1.79 bits per heavy atom. The van der Waals surface area contributed by atoms with E-state index in [2.05, 4.69) is 31.3 Å². The van der Waals surface area contributed by atoms with Crippen molar-refractivity contribution in [3.63, 3.8) is 0 Å². The maximum atomic E-state index is 12.8. The van der Waals surface area contributed by atoms with Crippen LogP contribution in [0.15, 0.2) is 54.7 Å². The molecule has 4 aromatic rings. The van der Waals surface area contributed by atoms with Crippen LogP contribution in [-0.2, 0) is 0 Å². The highest BCUT2D eigenvalue weighted by Crippen LogP contribution is 2.29. The molecule has 1 N–H and O–H groups in total. The van der Waals surface area contributed by atoms with E-state index in [1.54, 1.807) is 7.11 Å². The molecule has 6 heteroatoms. The van der Waals surface area contributed by atoms with Crippen LogP contribution in [0, 0.1) is 6.92 Å². The fourth-order valence-electron chi connectivity index (χ4n) is 3.20. The monoisotopic (exact) mass is 405 g/mol. The van der Waals surface area contributed by atoms with Gasteiger partial charge in [-0.1, -0.05) is 37.3 Å². The van der Waals surface area contributed by atoms with Gasteiger partial charge in [0.1, 0.15) is 10.6 Å². The highest BCUT2D eigenvalue weighted by atomic mass is 32.1. The van der Waals surface area contributed by atoms with E-state index in [0.717, 1.165) is 33.3 Å². The molecule has 0 aliphatic rings. The zero-order chi connectivity index (χ0) is 20.5. The van der Waals surface area contributed by atoms with Crippen LogP contribution in [0.4, 0.5) is 5.69 Å². The second-order valence-corrected chi connectivity index (χ2v) is 8.23. The molecule has 0 aliphatic heterocycles. The van der Waals surface area contributed by atoms with Crippen molar-refractivity contribution in [2.45, 2.75) is 26.7 Å². The first-order valence-electron chi connectivity index (χ1n) is 9.50. The SMILES string of the molecule is COc1ccc(-c2cn3c(C)c(C(=O)Nc4ccc(C(C)C)cc4)sc3n2)cc1. The summed E-state index contributed by atoms with van der Waals surface area (Å²) in [5.41, 5.74) is 4.81. The molecule has 5 nitrogen and oxygen atoms in total. The van der Waals surface area contributed by atoms with Gasteiger partial charge in [0.2, 0.25) is 0 Å². The normalized spacial score (nSPS) is 11.2. The summed E-state index contributed by atoms with van der Waals surface area (Å²) in [5, 5.41) is 2.99.